The topological polar surface area (TPSA) is 60.6 Å². The van der Waals surface area contributed by atoms with E-state index in [1.807, 2.05) is 30.3 Å². The van der Waals surface area contributed by atoms with Crippen LogP contribution < -0.4 is 15.4 Å². The molecule has 1 aromatic carbocycles. The summed E-state index contributed by atoms with van der Waals surface area (Å²) in [4.78, 5) is 7.00. The van der Waals surface area contributed by atoms with Crippen molar-refractivity contribution in [2.45, 2.75) is 13.0 Å². The third-order valence-corrected chi connectivity index (χ3v) is 4.15. The van der Waals surface area contributed by atoms with Crippen LogP contribution >= 0.6 is 0 Å². The van der Waals surface area contributed by atoms with Crippen LogP contribution in [0.2, 0.25) is 0 Å². The predicted octanol–water partition coefficient (Wildman–Crippen LogP) is 2.65. The molecule has 3 rings (SSSR count). The number of nitrogens with two attached hydrogens (primary N) is 1. The zero-order chi connectivity index (χ0) is 16.9. The van der Waals surface area contributed by atoms with Gasteiger partial charge in [-0.05, 0) is 37.3 Å². The number of halogens is 1. The number of anilines is 1. The molecule has 1 atom stereocenters. The van der Waals surface area contributed by atoms with Gasteiger partial charge in [0.05, 0.1) is 31.1 Å². The van der Waals surface area contributed by atoms with Gasteiger partial charge in [0.1, 0.15) is 18.2 Å². The van der Waals surface area contributed by atoms with Crippen LogP contribution in [0.4, 0.5) is 10.2 Å². The van der Waals surface area contributed by atoms with Gasteiger partial charge in [0.25, 0.3) is 0 Å². The van der Waals surface area contributed by atoms with Gasteiger partial charge in [-0.1, -0.05) is 0 Å². The van der Waals surface area contributed by atoms with Gasteiger partial charge < -0.3 is 20.1 Å². The molecule has 0 radical (unpaired) electrons. The van der Waals surface area contributed by atoms with E-state index < -0.39 is 0 Å². The van der Waals surface area contributed by atoms with Crippen LogP contribution in [0.3, 0.4) is 0 Å². The normalized spacial score (nSPS) is 18.9. The van der Waals surface area contributed by atoms with Crippen molar-refractivity contribution in [3.05, 3.63) is 42.2 Å². The van der Waals surface area contributed by atoms with Crippen molar-refractivity contribution in [1.29, 1.82) is 0 Å². The van der Waals surface area contributed by atoms with Crippen molar-refractivity contribution in [2.75, 3.05) is 37.8 Å². The number of hydrogen-bond acceptors (Lipinski definition) is 5. The number of nitrogens with zero attached hydrogens (tertiary/aromatic N) is 2. The van der Waals surface area contributed by atoms with E-state index in [2.05, 4.69) is 11.8 Å². The lowest BCUT2D eigenvalue weighted by Crippen LogP contribution is -2.44. The first-order valence-corrected chi connectivity index (χ1v) is 8.07. The summed E-state index contributed by atoms with van der Waals surface area (Å²) in [7, 11) is 0. The molecule has 6 heteroatoms. The van der Waals surface area contributed by atoms with Crippen molar-refractivity contribution < 1.29 is 13.9 Å². The molecule has 2 N–H and O–H groups in total. The van der Waals surface area contributed by atoms with Crippen LogP contribution in [-0.4, -0.2) is 43.9 Å². The van der Waals surface area contributed by atoms with Crippen LogP contribution in [-0.2, 0) is 4.74 Å². The van der Waals surface area contributed by atoms with Gasteiger partial charge >= 0.3 is 0 Å². The molecule has 0 saturated carbocycles. The van der Waals surface area contributed by atoms with Crippen molar-refractivity contribution >= 4 is 16.7 Å². The number of aromatic nitrogens is 1. The predicted molar refractivity (Wildman–Crippen MR) is 93.1 cm³/mol. The molecule has 2 aromatic rings. The Hall–Kier alpha value is -2.18. The van der Waals surface area contributed by atoms with Crippen molar-refractivity contribution in [2.24, 2.45) is 5.73 Å². The Labute approximate surface area is 140 Å². The monoisotopic (exact) mass is 331 g/mol. The summed E-state index contributed by atoms with van der Waals surface area (Å²) in [5.74, 6) is 1.63. The van der Waals surface area contributed by atoms with Gasteiger partial charge in [-0.3, -0.25) is 0 Å². The van der Waals surface area contributed by atoms with E-state index in [4.69, 9.17) is 20.2 Å². The zero-order valence-corrected chi connectivity index (χ0v) is 13.7. The first kappa shape index (κ1) is 16.7. The smallest absolute Gasteiger partial charge is 0.129 e. The average Bonchev–Trinajstić information content (AvgIpc) is 2.62. The molecule has 1 aliphatic heterocycles. The summed E-state index contributed by atoms with van der Waals surface area (Å²) in [5, 5.41) is 0.982. The maximum absolute atomic E-state index is 12.5. The molecule has 1 aromatic heterocycles. The lowest BCUT2D eigenvalue weighted by Gasteiger charge is -2.34. The highest BCUT2D eigenvalue weighted by Gasteiger charge is 2.20. The largest absolute Gasteiger partial charge is 0.489 e. The molecule has 128 valence electrons. The number of morpholine rings is 1. The van der Waals surface area contributed by atoms with Crippen LogP contribution in [0.5, 0.6) is 5.75 Å². The summed E-state index contributed by atoms with van der Waals surface area (Å²) < 4.78 is 23.6. The highest BCUT2D eigenvalue weighted by molar-refractivity contribution is 5.82. The van der Waals surface area contributed by atoms with Crippen molar-refractivity contribution in [3.8, 4) is 5.75 Å². The third kappa shape index (κ3) is 3.66. The average molecular weight is 331 g/mol. The second kappa shape index (κ2) is 7.59. The highest BCUT2D eigenvalue weighted by Crippen LogP contribution is 2.24. The molecule has 1 saturated heterocycles. The maximum atomic E-state index is 12.5. The van der Waals surface area contributed by atoms with E-state index >= 15 is 0 Å². The quantitative estimate of drug-likeness (QED) is 0.913. The fourth-order valence-electron chi connectivity index (χ4n) is 2.72. The van der Waals surface area contributed by atoms with Gasteiger partial charge in [-0.2, -0.15) is 0 Å². The molecule has 5 nitrogen and oxygen atoms in total. The van der Waals surface area contributed by atoms with E-state index in [1.54, 1.807) is 0 Å². The summed E-state index contributed by atoms with van der Waals surface area (Å²) >= 11 is 0. The van der Waals surface area contributed by atoms with Crippen LogP contribution in [0.1, 0.15) is 6.92 Å². The highest BCUT2D eigenvalue weighted by atomic mass is 19.1. The Balaban J connectivity index is 1.78. The van der Waals surface area contributed by atoms with Gasteiger partial charge in [0.2, 0.25) is 0 Å². The van der Waals surface area contributed by atoms with E-state index in [0.29, 0.717) is 23.7 Å². The van der Waals surface area contributed by atoms with Gasteiger partial charge in [-0.15, -0.1) is 0 Å². The fraction of sp³-hybridized carbons (Fsp3) is 0.389. The molecule has 1 unspecified atom stereocenters. The Bertz CT molecular complexity index is 735. The molecule has 0 aliphatic carbocycles. The van der Waals surface area contributed by atoms with E-state index in [1.165, 1.54) is 0 Å². The second-order valence-corrected chi connectivity index (χ2v) is 5.90. The maximum Gasteiger partial charge on any atom is 0.129 e. The number of pyridine rings is 1. The molecule has 0 bridgehead atoms. The number of fused-ring (bicyclic) bond motifs is 1. The van der Waals surface area contributed by atoms with Crippen LogP contribution in [0.15, 0.2) is 42.2 Å². The first-order chi connectivity index (χ1) is 11.7. The molecule has 1 fully saturated rings. The molecule has 1 aliphatic rings. The standard InChI is InChI=1S/C18H22FN3O2/c1-13-11-23-7-6-22(13)18-5-2-15-8-16(3-4-17(15)21-18)24-12-14(9-19)10-20/h2-5,8-9,13H,6-7,10-12,20H2,1H3/b14-9+. The molecule has 0 amide bonds. The van der Waals surface area contributed by atoms with E-state index in [-0.39, 0.29) is 13.2 Å². The SMILES string of the molecule is CC1COCCN1c1ccc2cc(OC/C(=C/F)CN)ccc2n1. The third-order valence-electron chi connectivity index (χ3n) is 4.15. The van der Waals surface area contributed by atoms with Gasteiger partial charge in [-0.25, -0.2) is 9.37 Å². The lowest BCUT2D eigenvalue weighted by molar-refractivity contribution is 0.0986. The molecule has 0 spiro atoms. The second-order valence-electron chi connectivity index (χ2n) is 5.90. The fourth-order valence-corrected chi connectivity index (χ4v) is 2.72. The Morgan fingerprint density at radius 3 is 3.08 bits per heavy atom. The minimum absolute atomic E-state index is 0.146. The van der Waals surface area contributed by atoms with Crippen LogP contribution in [0, 0.1) is 0 Å². The van der Waals surface area contributed by atoms with Gasteiger partial charge in [0, 0.05) is 24.0 Å². The molecule has 2 heterocycles. The van der Waals surface area contributed by atoms with E-state index in [9.17, 15) is 4.39 Å². The lowest BCUT2D eigenvalue weighted by atomic mass is 10.2. The number of hydrogen-bond donors (Lipinski definition) is 1. The summed E-state index contributed by atoms with van der Waals surface area (Å²) in [6.07, 6.45) is 0.498. The number of ether oxygens (including phenoxy) is 2. The zero-order valence-electron chi connectivity index (χ0n) is 13.7. The molecule has 24 heavy (non-hydrogen) atoms. The van der Waals surface area contributed by atoms with Crippen molar-refractivity contribution in [3.63, 3.8) is 0 Å². The van der Waals surface area contributed by atoms with E-state index in [0.717, 1.165) is 36.5 Å². The number of benzene rings is 1. The Morgan fingerprint density at radius 1 is 1.46 bits per heavy atom. The van der Waals surface area contributed by atoms with Gasteiger partial charge in [0.15, 0.2) is 0 Å². The molecular weight excluding hydrogens is 309 g/mol. The van der Waals surface area contributed by atoms with Crippen LogP contribution in [0.25, 0.3) is 10.9 Å². The summed E-state index contributed by atoms with van der Waals surface area (Å²) in [5.41, 5.74) is 6.75. The minimum atomic E-state index is 0.146. The Morgan fingerprint density at radius 2 is 2.33 bits per heavy atom. The first-order valence-electron chi connectivity index (χ1n) is 8.07. The Kier molecular flexibility index (Phi) is 5.27. The minimum Gasteiger partial charge on any atom is -0.489 e. The number of rotatable bonds is 5. The summed E-state index contributed by atoms with van der Waals surface area (Å²) in [6, 6.07) is 10.0. The molecular formula is C18H22FN3O2. The summed E-state index contributed by atoms with van der Waals surface area (Å²) in [6.45, 7) is 4.72. The van der Waals surface area contributed by atoms with Crippen molar-refractivity contribution in [1.82, 2.24) is 4.98 Å².